The molecule has 0 aromatic rings. The van der Waals surface area contributed by atoms with Crippen LogP contribution in [-0.2, 0) is 33.3 Å². The molecule has 7 unspecified atom stereocenters. The summed E-state index contributed by atoms with van der Waals surface area (Å²) in [6, 6.07) is 0. The van der Waals surface area contributed by atoms with Gasteiger partial charge in [-0.25, -0.2) is 9.59 Å². The highest BCUT2D eigenvalue weighted by Gasteiger charge is 2.60. The smallest absolute Gasteiger partial charge is 0.361 e. The first kappa shape index (κ1) is 13.7. The van der Waals surface area contributed by atoms with Gasteiger partial charge >= 0.3 is 11.9 Å². The summed E-state index contributed by atoms with van der Waals surface area (Å²) in [5.74, 6) is -2.68. The number of aliphatic carboxylic acids is 2. The Labute approximate surface area is 111 Å². The number of carboxylic acid groups (broad SMARTS) is 2. The molecule has 10 nitrogen and oxygen atoms in total. The van der Waals surface area contributed by atoms with Crippen LogP contribution in [-0.4, -0.2) is 77.2 Å². The van der Waals surface area contributed by atoms with E-state index in [9.17, 15) is 14.7 Å². The average molecular weight is 292 g/mol. The summed E-state index contributed by atoms with van der Waals surface area (Å²) in [7, 11) is 0. The Balaban J connectivity index is 1.78. The lowest BCUT2D eigenvalue weighted by Crippen LogP contribution is -2.54. The molecule has 0 aromatic heterocycles. The van der Waals surface area contributed by atoms with Crippen molar-refractivity contribution < 1.29 is 48.6 Å². The van der Waals surface area contributed by atoms with E-state index >= 15 is 0 Å². The second-order valence-electron chi connectivity index (χ2n) is 4.50. The Morgan fingerprint density at radius 2 is 1.40 bits per heavy atom. The van der Waals surface area contributed by atoms with E-state index in [4.69, 9.17) is 33.9 Å². The van der Waals surface area contributed by atoms with E-state index in [0.717, 1.165) is 0 Å². The number of rotatable bonds is 3. The first-order valence-electron chi connectivity index (χ1n) is 5.85. The van der Waals surface area contributed by atoms with Gasteiger partial charge in [0.25, 0.3) is 12.6 Å². The highest BCUT2D eigenvalue weighted by molar-refractivity contribution is 5.71. The summed E-state index contributed by atoms with van der Waals surface area (Å²) in [5, 5.41) is 26.9. The number of hydrogen-bond acceptors (Lipinski definition) is 8. The summed E-state index contributed by atoms with van der Waals surface area (Å²) in [6.45, 7) is -0.476. The molecule has 3 aliphatic heterocycles. The Morgan fingerprint density at radius 3 is 2.00 bits per heavy atom. The first-order valence-corrected chi connectivity index (χ1v) is 5.85. The maximum absolute atomic E-state index is 10.9. The van der Waals surface area contributed by atoms with Crippen molar-refractivity contribution in [1.29, 1.82) is 0 Å². The Morgan fingerprint density at radius 1 is 0.800 bits per heavy atom. The number of aliphatic hydroxyl groups is 1. The van der Waals surface area contributed by atoms with Gasteiger partial charge in [-0.3, -0.25) is 0 Å². The number of carbonyl (C=O) groups is 2. The van der Waals surface area contributed by atoms with E-state index < -0.39 is 61.8 Å². The van der Waals surface area contributed by atoms with E-state index in [-0.39, 0.29) is 0 Å². The topological polar surface area (TPSA) is 141 Å². The fourth-order valence-electron chi connectivity index (χ4n) is 2.44. The average Bonchev–Trinajstić information content (AvgIpc) is 2.94. The molecule has 0 spiro atoms. The SMILES string of the molecule is O=C(O)C1OC2OC3C(CO)OC(C(=O)O)OC3C2O1. The highest BCUT2D eigenvalue weighted by atomic mass is 16.9. The van der Waals surface area contributed by atoms with Gasteiger partial charge in [0.1, 0.15) is 24.4 Å². The van der Waals surface area contributed by atoms with E-state index in [2.05, 4.69) is 0 Å². The summed E-state index contributed by atoms with van der Waals surface area (Å²) < 4.78 is 25.8. The third-order valence-electron chi connectivity index (χ3n) is 3.27. The van der Waals surface area contributed by atoms with Crippen molar-refractivity contribution in [2.45, 2.75) is 43.3 Å². The molecule has 0 saturated carbocycles. The van der Waals surface area contributed by atoms with Crippen LogP contribution < -0.4 is 0 Å². The van der Waals surface area contributed by atoms with Gasteiger partial charge in [-0.2, -0.15) is 0 Å². The molecule has 3 N–H and O–H groups in total. The highest BCUT2D eigenvalue weighted by Crippen LogP contribution is 2.39. The summed E-state index contributed by atoms with van der Waals surface area (Å²) in [6.07, 6.45) is -7.57. The largest absolute Gasteiger partial charge is 0.477 e. The molecule has 0 bridgehead atoms. The molecule has 0 radical (unpaired) electrons. The van der Waals surface area contributed by atoms with Crippen molar-refractivity contribution in [1.82, 2.24) is 0 Å². The van der Waals surface area contributed by atoms with Crippen LogP contribution in [0.4, 0.5) is 0 Å². The standard InChI is InChI=1S/C10H12O10/c11-1-2-3-4(18-9(16-2)6(12)13)5-8(17-3)20-10(19-5)7(14)15/h2-5,8-11H,1H2,(H,12,13)(H,14,15). The van der Waals surface area contributed by atoms with Crippen molar-refractivity contribution in [2.75, 3.05) is 6.61 Å². The van der Waals surface area contributed by atoms with Crippen LogP contribution in [0.1, 0.15) is 0 Å². The number of fused-ring (bicyclic) bond motifs is 3. The van der Waals surface area contributed by atoms with Gasteiger partial charge in [0, 0.05) is 0 Å². The molecular formula is C10H12O10. The van der Waals surface area contributed by atoms with E-state index in [0.29, 0.717) is 0 Å². The molecule has 112 valence electrons. The zero-order chi connectivity index (χ0) is 14.4. The molecule has 3 fully saturated rings. The third kappa shape index (κ3) is 2.06. The van der Waals surface area contributed by atoms with Crippen molar-refractivity contribution in [3.05, 3.63) is 0 Å². The van der Waals surface area contributed by atoms with Crippen LogP contribution in [0.5, 0.6) is 0 Å². The molecule has 3 aliphatic rings. The quantitative estimate of drug-likeness (QED) is 0.521. The van der Waals surface area contributed by atoms with Crippen molar-refractivity contribution in [3.63, 3.8) is 0 Å². The molecular weight excluding hydrogens is 280 g/mol. The number of ether oxygens (including phenoxy) is 5. The van der Waals surface area contributed by atoms with Crippen LogP contribution in [0.3, 0.4) is 0 Å². The van der Waals surface area contributed by atoms with Gasteiger partial charge < -0.3 is 39.0 Å². The molecule has 3 rings (SSSR count). The van der Waals surface area contributed by atoms with Crippen LogP contribution in [0.2, 0.25) is 0 Å². The van der Waals surface area contributed by atoms with Crippen molar-refractivity contribution in [3.8, 4) is 0 Å². The molecule has 10 heteroatoms. The fourth-order valence-corrected chi connectivity index (χ4v) is 2.44. The second kappa shape index (κ2) is 4.91. The lowest BCUT2D eigenvalue weighted by atomic mass is 10.0. The van der Waals surface area contributed by atoms with Crippen LogP contribution in [0.25, 0.3) is 0 Å². The van der Waals surface area contributed by atoms with Crippen LogP contribution >= 0.6 is 0 Å². The number of hydrogen-bond donors (Lipinski definition) is 3. The van der Waals surface area contributed by atoms with Gasteiger partial charge in [0.15, 0.2) is 6.29 Å². The van der Waals surface area contributed by atoms with Gasteiger partial charge in [-0.15, -0.1) is 0 Å². The number of aliphatic hydroxyl groups excluding tert-OH is 1. The molecule has 3 saturated heterocycles. The second-order valence-corrected chi connectivity index (χ2v) is 4.50. The minimum absolute atomic E-state index is 0.476. The van der Waals surface area contributed by atoms with Gasteiger partial charge in [-0.1, -0.05) is 0 Å². The molecule has 0 amide bonds. The monoisotopic (exact) mass is 292 g/mol. The summed E-state index contributed by atoms with van der Waals surface area (Å²) >= 11 is 0. The maximum Gasteiger partial charge on any atom is 0.361 e. The Bertz CT molecular complexity index is 424. The minimum atomic E-state index is -1.58. The summed E-state index contributed by atoms with van der Waals surface area (Å²) in [4.78, 5) is 21.7. The molecule has 0 aromatic carbocycles. The zero-order valence-electron chi connectivity index (χ0n) is 9.95. The van der Waals surface area contributed by atoms with Crippen LogP contribution in [0.15, 0.2) is 0 Å². The first-order chi connectivity index (χ1) is 9.51. The molecule has 20 heavy (non-hydrogen) atoms. The molecule has 7 atom stereocenters. The van der Waals surface area contributed by atoms with Crippen molar-refractivity contribution in [2.24, 2.45) is 0 Å². The third-order valence-corrected chi connectivity index (χ3v) is 3.27. The van der Waals surface area contributed by atoms with E-state index in [1.54, 1.807) is 0 Å². The Kier molecular flexibility index (Phi) is 3.36. The molecule has 3 heterocycles. The van der Waals surface area contributed by atoms with E-state index in [1.807, 2.05) is 0 Å². The normalized spacial score (nSPS) is 46.8. The van der Waals surface area contributed by atoms with Crippen molar-refractivity contribution >= 4 is 11.9 Å². The predicted molar refractivity (Wildman–Crippen MR) is 54.3 cm³/mol. The minimum Gasteiger partial charge on any atom is -0.477 e. The fraction of sp³-hybridized carbons (Fsp3) is 0.800. The summed E-state index contributed by atoms with van der Waals surface area (Å²) in [5.41, 5.74) is 0. The zero-order valence-corrected chi connectivity index (χ0v) is 9.95. The Hall–Kier alpha value is -1.30. The maximum atomic E-state index is 10.9. The van der Waals surface area contributed by atoms with Gasteiger partial charge in [-0.05, 0) is 0 Å². The lowest BCUT2D eigenvalue weighted by molar-refractivity contribution is -0.295. The van der Waals surface area contributed by atoms with Crippen LogP contribution in [0, 0.1) is 0 Å². The predicted octanol–water partition coefficient (Wildman–Crippen LogP) is -2.28. The number of carboxylic acids is 2. The van der Waals surface area contributed by atoms with Gasteiger partial charge in [0.2, 0.25) is 0 Å². The lowest BCUT2D eigenvalue weighted by Gasteiger charge is -2.36. The van der Waals surface area contributed by atoms with E-state index in [1.165, 1.54) is 0 Å². The van der Waals surface area contributed by atoms with Gasteiger partial charge in [0.05, 0.1) is 6.61 Å². The molecule has 0 aliphatic carbocycles.